The summed E-state index contributed by atoms with van der Waals surface area (Å²) >= 11 is 0. The number of nitrogens with one attached hydrogen (secondary N) is 1. The van der Waals surface area contributed by atoms with Gasteiger partial charge in [-0.05, 0) is 6.07 Å². The van der Waals surface area contributed by atoms with Crippen LogP contribution in [0, 0.1) is 0 Å². The number of hydrogen-bond donors (Lipinski definition) is 1. The lowest BCUT2D eigenvalue weighted by Crippen LogP contribution is -2.19. The molecule has 3 rings (SSSR count). The fourth-order valence-corrected chi connectivity index (χ4v) is 2.77. The van der Waals surface area contributed by atoms with Crippen molar-refractivity contribution in [2.45, 2.75) is 0 Å². The molecule has 0 unspecified atom stereocenters. The lowest BCUT2D eigenvalue weighted by molar-refractivity contribution is 0.0585. The average Bonchev–Trinajstić information content (AvgIpc) is 2.98. The van der Waals surface area contributed by atoms with Crippen molar-refractivity contribution in [2.75, 3.05) is 33.2 Å². The summed E-state index contributed by atoms with van der Waals surface area (Å²) in [6, 6.07) is 7.48. The number of aromatic amines is 1. The van der Waals surface area contributed by atoms with Crippen molar-refractivity contribution in [3.05, 3.63) is 35.5 Å². The second-order valence-electron chi connectivity index (χ2n) is 5.46. The average molecular weight is 327 g/mol. The van der Waals surface area contributed by atoms with E-state index in [2.05, 4.69) is 9.97 Å². The Morgan fingerprint density at radius 3 is 2.38 bits per heavy atom. The van der Waals surface area contributed by atoms with E-state index < -0.39 is 11.9 Å². The number of esters is 2. The molecule has 2 aromatic heterocycles. The van der Waals surface area contributed by atoms with Gasteiger partial charge in [0.25, 0.3) is 0 Å². The van der Waals surface area contributed by atoms with Crippen molar-refractivity contribution in [1.82, 2.24) is 9.97 Å². The van der Waals surface area contributed by atoms with E-state index in [-0.39, 0.29) is 5.69 Å². The molecule has 3 aromatic rings. The van der Waals surface area contributed by atoms with E-state index in [1.807, 2.05) is 24.3 Å². The molecule has 0 saturated heterocycles. The highest BCUT2D eigenvalue weighted by Crippen LogP contribution is 2.35. The molecule has 124 valence electrons. The van der Waals surface area contributed by atoms with Crippen LogP contribution in [0.2, 0.25) is 0 Å². The summed E-state index contributed by atoms with van der Waals surface area (Å²) in [6.45, 7) is 0. The molecule has 0 spiro atoms. The molecule has 0 aliphatic carbocycles. The van der Waals surface area contributed by atoms with Crippen molar-refractivity contribution in [3.63, 3.8) is 0 Å². The molecule has 0 atom stereocenters. The molecular weight excluding hydrogens is 310 g/mol. The van der Waals surface area contributed by atoms with Crippen LogP contribution in [0.15, 0.2) is 24.3 Å². The van der Waals surface area contributed by atoms with E-state index in [4.69, 9.17) is 9.47 Å². The summed E-state index contributed by atoms with van der Waals surface area (Å²) in [4.78, 5) is 33.8. The Morgan fingerprint density at radius 2 is 1.75 bits per heavy atom. The van der Waals surface area contributed by atoms with Gasteiger partial charge in [-0.1, -0.05) is 18.2 Å². The van der Waals surface area contributed by atoms with Crippen molar-refractivity contribution in [1.29, 1.82) is 0 Å². The predicted octanol–water partition coefficient (Wildman–Crippen LogP) is 2.36. The fourth-order valence-electron chi connectivity index (χ4n) is 2.77. The third-order valence-electron chi connectivity index (χ3n) is 3.83. The first-order chi connectivity index (χ1) is 11.5. The van der Waals surface area contributed by atoms with E-state index in [9.17, 15) is 9.59 Å². The molecule has 24 heavy (non-hydrogen) atoms. The van der Waals surface area contributed by atoms with Crippen LogP contribution in [-0.4, -0.2) is 50.2 Å². The highest BCUT2D eigenvalue weighted by atomic mass is 16.5. The minimum absolute atomic E-state index is 0.125. The quantitative estimate of drug-likeness (QED) is 0.743. The first-order valence-electron chi connectivity index (χ1n) is 7.28. The van der Waals surface area contributed by atoms with Gasteiger partial charge < -0.3 is 19.4 Å². The number of carbonyl (C=O) groups is 2. The maximum atomic E-state index is 12.4. The number of rotatable bonds is 3. The van der Waals surface area contributed by atoms with Crippen LogP contribution in [0.3, 0.4) is 0 Å². The van der Waals surface area contributed by atoms with Gasteiger partial charge in [0.05, 0.1) is 19.7 Å². The van der Waals surface area contributed by atoms with Crippen molar-refractivity contribution < 1.29 is 19.1 Å². The molecule has 0 amide bonds. The molecule has 2 heterocycles. The number of H-pyrrole nitrogens is 1. The van der Waals surface area contributed by atoms with Crippen molar-refractivity contribution in [2.24, 2.45) is 0 Å². The Morgan fingerprint density at radius 1 is 1.08 bits per heavy atom. The minimum atomic E-state index is -0.578. The zero-order valence-corrected chi connectivity index (χ0v) is 13.8. The summed E-state index contributed by atoms with van der Waals surface area (Å²) in [6.07, 6.45) is 0. The number of pyridine rings is 1. The lowest BCUT2D eigenvalue weighted by Gasteiger charge is -2.17. The largest absolute Gasteiger partial charge is 0.465 e. The lowest BCUT2D eigenvalue weighted by atomic mass is 10.1. The van der Waals surface area contributed by atoms with E-state index in [0.717, 1.165) is 10.9 Å². The van der Waals surface area contributed by atoms with Gasteiger partial charge in [-0.25, -0.2) is 14.6 Å². The summed E-state index contributed by atoms with van der Waals surface area (Å²) in [5.41, 5.74) is 1.68. The highest BCUT2D eigenvalue weighted by molar-refractivity contribution is 6.22. The van der Waals surface area contributed by atoms with E-state index >= 15 is 0 Å². The third kappa shape index (κ3) is 2.25. The molecule has 0 radical (unpaired) electrons. The number of nitrogens with zero attached hydrogens (tertiary/aromatic N) is 2. The summed E-state index contributed by atoms with van der Waals surface area (Å²) in [5.74, 6) is -0.747. The molecule has 1 aromatic carbocycles. The van der Waals surface area contributed by atoms with Crippen LogP contribution in [-0.2, 0) is 9.47 Å². The number of anilines is 1. The number of aromatic nitrogens is 2. The molecule has 7 heteroatoms. The summed E-state index contributed by atoms with van der Waals surface area (Å²) in [7, 11) is 6.10. The van der Waals surface area contributed by atoms with E-state index in [1.54, 1.807) is 19.0 Å². The van der Waals surface area contributed by atoms with Crippen LogP contribution in [0.4, 0.5) is 5.82 Å². The normalized spacial score (nSPS) is 10.8. The van der Waals surface area contributed by atoms with E-state index in [1.165, 1.54) is 14.2 Å². The second kappa shape index (κ2) is 5.84. The Balaban J connectivity index is 2.57. The highest BCUT2D eigenvalue weighted by Gasteiger charge is 2.27. The number of benzene rings is 1. The number of hydrogen-bond acceptors (Lipinski definition) is 6. The number of ether oxygens (including phenoxy) is 2. The second-order valence-corrected chi connectivity index (χ2v) is 5.46. The summed E-state index contributed by atoms with van der Waals surface area (Å²) in [5, 5.41) is 1.40. The first-order valence-corrected chi connectivity index (χ1v) is 7.28. The summed E-state index contributed by atoms with van der Waals surface area (Å²) < 4.78 is 9.79. The Hall–Kier alpha value is -3.09. The number of fused-ring (bicyclic) bond motifs is 3. The van der Waals surface area contributed by atoms with Crippen LogP contribution < -0.4 is 4.90 Å². The molecule has 0 fully saturated rings. The monoisotopic (exact) mass is 327 g/mol. The van der Waals surface area contributed by atoms with Crippen LogP contribution in [0.5, 0.6) is 0 Å². The third-order valence-corrected chi connectivity index (χ3v) is 3.83. The van der Waals surface area contributed by atoms with E-state index in [0.29, 0.717) is 22.3 Å². The maximum Gasteiger partial charge on any atom is 0.358 e. The Labute approximate surface area is 138 Å². The van der Waals surface area contributed by atoms with Crippen LogP contribution in [0.1, 0.15) is 20.8 Å². The van der Waals surface area contributed by atoms with Gasteiger partial charge in [0.15, 0.2) is 5.69 Å². The smallest absolute Gasteiger partial charge is 0.358 e. The standard InChI is InChI=1S/C17H17N3O4/c1-20(2)15-12(16(21)23-3)11-9-7-5-6-8-10(9)18-13(11)14(19-15)17(22)24-4/h5-8,18H,1-4H3. The molecule has 1 N–H and O–H groups in total. The van der Waals surface area contributed by atoms with Gasteiger partial charge >= 0.3 is 11.9 Å². The van der Waals surface area contributed by atoms with Gasteiger partial charge in [0.2, 0.25) is 0 Å². The molecule has 7 nitrogen and oxygen atoms in total. The van der Waals surface area contributed by atoms with Gasteiger partial charge in [0.1, 0.15) is 11.4 Å². The number of methoxy groups -OCH3 is 2. The maximum absolute atomic E-state index is 12.4. The van der Waals surface area contributed by atoms with Gasteiger partial charge in [0, 0.05) is 30.4 Å². The molecule has 0 saturated carbocycles. The van der Waals surface area contributed by atoms with Gasteiger partial charge in [-0.2, -0.15) is 0 Å². The SMILES string of the molecule is COC(=O)c1nc(N(C)C)c(C(=O)OC)c2c1[nH]c1ccccc12. The van der Waals surface area contributed by atoms with Crippen molar-refractivity contribution in [3.8, 4) is 0 Å². The van der Waals surface area contributed by atoms with Crippen molar-refractivity contribution >= 4 is 39.6 Å². The Bertz CT molecular complexity index is 959. The molecule has 0 bridgehead atoms. The predicted molar refractivity (Wildman–Crippen MR) is 90.6 cm³/mol. The Kier molecular flexibility index (Phi) is 3.84. The fraction of sp³-hybridized carbons (Fsp3) is 0.235. The van der Waals surface area contributed by atoms with Gasteiger partial charge in [-0.3, -0.25) is 0 Å². The zero-order valence-electron chi connectivity index (χ0n) is 13.8. The molecule has 0 aliphatic rings. The van der Waals surface area contributed by atoms with Crippen LogP contribution >= 0.6 is 0 Å². The zero-order chi connectivity index (χ0) is 17.4. The molecular formula is C17H17N3O4. The number of carbonyl (C=O) groups excluding carboxylic acids is 2. The first kappa shape index (κ1) is 15.8. The topological polar surface area (TPSA) is 84.5 Å². The van der Waals surface area contributed by atoms with Gasteiger partial charge in [-0.15, -0.1) is 0 Å². The number of para-hydroxylation sites is 1. The molecule has 0 aliphatic heterocycles. The van der Waals surface area contributed by atoms with Crippen LogP contribution in [0.25, 0.3) is 21.8 Å². The minimum Gasteiger partial charge on any atom is -0.465 e.